The van der Waals surface area contributed by atoms with E-state index in [1.54, 1.807) is 42.7 Å². The van der Waals surface area contributed by atoms with E-state index in [4.69, 9.17) is 39.9 Å². The molecule has 0 aromatic heterocycles. The summed E-state index contributed by atoms with van der Waals surface area (Å²) < 4.78 is 47.7. The van der Waals surface area contributed by atoms with E-state index < -0.39 is 32.9 Å². The molecule has 0 aliphatic heterocycles. The van der Waals surface area contributed by atoms with Crippen LogP contribution in [0.1, 0.15) is 35.1 Å². The van der Waals surface area contributed by atoms with Gasteiger partial charge in [0.2, 0.25) is 0 Å². The van der Waals surface area contributed by atoms with Gasteiger partial charge in [0.1, 0.15) is 0 Å². The van der Waals surface area contributed by atoms with E-state index in [1.807, 2.05) is 72.8 Å². The van der Waals surface area contributed by atoms with Crippen LogP contribution in [-0.4, -0.2) is 165 Å². The summed E-state index contributed by atoms with van der Waals surface area (Å²) in [6, 6.07) is 41.1. The Balaban J connectivity index is -0.00000107. The number of amidine groups is 4. The van der Waals surface area contributed by atoms with Crippen LogP contribution in [0.3, 0.4) is 0 Å². The van der Waals surface area contributed by atoms with Crippen molar-refractivity contribution in [1.82, 2.24) is 0 Å². The van der Waals surface area contributed by atoms with Crippen LogP contribution in [0, 0.1) is 46.9 Å². The third-order valence-electron chi connectivity index (χ3n) is 9.05. The minimum Gasteiger partial charge on any atom is -0.472 e. The van der Waals surface area contributed by atoms with Gasteiger partial charge < -0.3 is 68.3 Å². The fraction of sp³-hybridized carbons (Fsp3) is 0.517. The SMILES string of the molecule is COCCOC.COCCOC.COCCOC.C[Si](C)(C)/N=C(/[N-]CCC[N-]/C(=N/[Si](C)(C)C)c1ccccc1)c1ccccc1.C[Si](C)(C)/N=C(/[N-]CCC[N-]/C(=N/[Si](C)(C)C)c1ccccc1)c1ccccc1.[Li+].[Yb+3]. The smallest absolute Gasteiger partial charge is 0.472 e. The van der Waals surface area contributed by atoms with Crippen LogP contribution in [0.5, 0.6) is 0 Å². The molecule has 0 N–H and O–H groups in total. The molecule has 4 rings (SSSR count). The minimum atomic E-state index is -1.60. The fourth-order valence-electron chi connectivity index (χ4n) is 5.77. The molecule has 1 radical (unpaired) electrons. The monoisotopic (exact) mass is 1300 g/mol. The van der Waals surface area contributed by atoms with Crippen molar-refractivity contribution in [2.75, 3.05) is 108 Å². The summed E-state index contributed by atoms with van der Waals surface area (Å²) in [7, 11) is 3.49. The van der Waals surface area contributed by atoms with Crippen molar-refractivity contribution in [1.29, 1.82) is 0 Å². The van der Waals surface area contributed by atoms with Crippen LogP contribution in [0.2, 0.25) is 78.6 Å². The molecule has 0 aliphatic carbocycles. The fourth-order valence-corrected chi connectivity index (χ4v) is 9.11. The molecule has 0 fully saturated rings. The molecule has 0 atom stereocenters. The summed E-state index contributed by atoms with van der Waals surface area (Å²) in [5.74, 6) is 3.51. The molecule has 0 spiro atoms. The number of hydrogen-bond acceptors (Lipinski definition) is 10. The van der Waals surface area contributed by atoms with E-state index in [9.17, 15) is 0 Å². The summed E-state index contributed by atoms with van der Waals surface area (Å²) in [4.78, 5) is 0. The van der Waals surface area contributed by atoms with Gasteiger partial charge in [0.05, 0.1) is 39.6 Å². The number of benzene rings is 4. The van der Waals surface area contributed by atoms with Gasteiger partial charge in [-0.15, -0.1) is 0 Å². The van der Waals surface area contributed by atoms with Crippen molar-refractivity contribution in [3.63, 3.8) is 0 Å². The molecule has 14 nitrogen and oxygen atoms in total. The van der Waals surface area contributed by atoms with Crippen molar-refractivity contribution in [2.24, 2.45) is 18.6 Å². The van der Waals surface area contributed by atoms with Crippen LogP contribution in [0.15, 0.2) is 140 Å². The van der Waals surface area contributed by atoms with E-state index in [2.05, 4.69) is 156 Å². The Labute approximate surface area is 528 Å². The molecule has 0 saturated carbocycles. The van der Waals surface area contributed by atoms with Crippen molar-refractivity contribution in [3.05, 3.63) is 165 Å². The molecule has 0 amide bonds. The molecule has 0 bridgehead atoms. The third-order valence-corrected chi connectivity index (χ3v) is 12.6. The zero-order valence-electron chi connectivity index (χ0n) is 51.3. The minimum absolute atomic E-state index is 0. The normalized spacial score (nSPS) is 12.0. The van der Waals surface area contributed by atoms with Gasteiger partial charge in [0.15, 0.2) is 0 Å². The molecular formula is C58H98LiN8O6Si4Yb. The Morgan fingerprint density at radius 3 is 0.590 bits per heavy atom. The van der Waals surface area contributed by atoms with Gasteiger partial charge in [0.25, 0.3) is 0 Å². The molecule has 20 heteroatoms. The topological polar surface area (TPSA) is 161 Å². The van der Waals surface area contributed by atoms with E-state index in [0.717, 1.165) is 84.6 Å². The number of rotatable bonds is 25. The molecule has 437 valence electrons. The molecule has 0 aliphatic rings. The van der Waals surface area contributed by atoms with Gasteiger partial charge in [-0.3, -0.25) is 0 Å². The van der Waals surface area contributed by atoms with Gasteiger partial charge in [-0.2, -0.15) is 0 Å². The molecule has 0 heterocycles. The van der Waals surface area contributed by atoms with Crippen molar-refractivity contribution < 1.29 is 94.2 Å². The Bertz CT molecular complexity index is 1840. The Morgan fingerprint density at radius 1 is 0.308 bits per heavy atom. The summed E-state index contributed by atoms with van der Waals surface area (Å²) in [6.45, 7) is 33.9. The average Bonchev–Trinajstić information content (AvgIpc) is 3.38. The maximum Gasteiger partial charge on any atom is 3.00 e. The zero-order chi connectivity index (χ0) is 57.1. The van der Waals surface area contributed by atoms with Crippen LogP contribution in [-0.2, 0) is 28.4 Å². The Kier molecular flexibility index (Phi) is 49.1. The second-order valence-electron chi connectivity index (χ2n) is 21.1. The number of nitrogens with zero attached hydrogens (tertiary/aromatic N) is 8. The number of methoxy groups -OCH3 is 6. The van der Waals surface area contributed by atoms with Crippen molar-refractivity contribution >= 4 is 56.3 Å². The molecule has 4 aromatic rings. The van der Waals surface area contributed by atoms with E-state index in [0.29, 0.717) is 39.6 Å². The zero-order valence-corrected chi connectivity index (χ0v) is 57.0. The largest absolute Gasteiger partial charge is 3.00 e. The Morgan fingerprint density at radius 2 is 0.462 bits per heavy atom. The summed E-state index contributed by atoms with van der Waals surface area (Å²) in [5, 5.41) is 19.3. The third kappa shape index (κ3) is 47.2. The van der Waals surface area contributed by atoms with E-state index in [-0.39, 0.29) is 65.8 Å². The average molecular weight is 1300 g/mol. The summed E-state index contributed by atoms with van der Waals surface area (Å²) >= 11 is 0. The van der Waals surface area contributed by atoms with E-state index in [1.165, 1.54) is 0 Å². The second kappa shape index (κ2) is 48.1. The van der Waals surface area contributed by atoms with Crippen molar-refractivity contribution in [2.45, 2.75) is 91.4 Å². The first-order valence-electron chi connectivity index (χ1n) is 26.3. The standard InChI is InChI=1S/2C23H34N4Si2.3C4H10O2.Li.Yb/c2*1-28(2,3)26-22(20-14-9-7-10-15-20)24-18-13-19-25-23(27-29(4,5)6)21-16-11-8-12-17-21;3*1-5-3-4-6-2;;/h2*7-12,14-17H,13,18-19H2,1-6H3;3*3-4H2,1-2H3;;/q2*-2;;;;+1;+3. The maximum atomic E-state index is 4.95. The van der Waals surface area contributed by atoms with Crippen molar-refractivity contribution in [3.8, 4) is 0 Å². The van der Waals surface area contributed by atoms with Gasteiger partial charge in [0, 0.05) is 75.6 Å². The molecule has 4 aromatic carbocycles. The first kappa shape index (κ1) is 79.7. The second-order valence-corrected chi connectivity index (χ2v) is 39.3. The van der Waals surface area contributed by atoms with Gasteiger partial charge in [-0.1, -0.05) is 262 Å². The van der Waals surface area contributed by atoms with E-state index >= 15 is 0 Å². The van der Waals surface area contributed by atoms with Crippen LogP contribution < -0.4 is 18.9 Å². The predicted octanol–water partition coefficient (Wildman–Crippen LogP) is 11.2. The van der Waals surface area contributed by atoms with Crippen LogP contribution in [0.4, 0.5) is 0 Å². The molecule has 78 heavy (non-hydrogen) atoms. The number of ether oxygens (including phenoxy) is 6. The first-order valence-corrected chi connectivity index (χ1v) is 40.1. The van der Waals surface area contributed by atoms with Gasteiger partial charge in [-0.05, 0) is 22.3 Å². The quantitative estimate of drug-likeness (QED) is 0.0278. The van der Waals surface area contributed by atoms with Gasteiger partial charge >= 0.3 is 65.8 Å². The number of hydrogen-bond donors (Lipinski definition) is 0. The first-order chi connectivity index (χ1) is 36.0. The van der Waals surface area contributed by atoms with Crippen LogP contribution in [0.25, 0.3) is 21.3 Å². The predicted molar refractivity (Wildman–Crippen MR) is 339 cm³/mol. The summed E-state index contributed by atoms with van der Waals surface area (Å²) in [5.41, 5.74) is 4.38. The maximum absolute atomic E-state index is 4.95. The Hall–Kier alpha value is -2.50. The van der Waals surface area contributed by atoms with Crippen LogP contribution >= 0.6 is 0 Å². The van der Waals surface area contributed by atoms with Gasteiger partial charge in [-0.25, -0.2) is 0 Å². The molecule has 0 saturated heterocycles. The molecule has 0 unspecified atom stereocenters. The molecular weight excluding hydrogens is 1200 g/mol. The summed E-state index contributed by atoms with van der Waals surface area (Å²) in [6.07, 6.45) is 1.77.